The lowest BCUT2D eigenvalue weighted by Crippen LogP contribution is -2.58. The van der Waals surface area contributed by atoms with Gasteiger partial charge in [0.25, 0.3) is 0 Å². The molecule has 9 N–H and O–H groups in total. The summed E-state index contributed by atoms with van der Waals surface area (Å²) in [5.41, 5.74) is 5.92. The van der Waals surface area contributed by atoms with E-state index in [9.17, 15) is 39.0 Å². The molecular weight excluding hydrogens is 488 g/mol. The molecule has 4 unspecified atom stereocenters. The van der Waals surface area contributed by atoms with Crippen molar-refractivity contribution >= 4 is 48.3 Å². The fraction of sp³-hybridized carbons (Fsp3) is 0.400. The van der Waals surface area contributed by atoms with Crippen molar-refractivity contribution in [2.24, 2.45) is 5.73 Å². The third-order valence-corrected chi connectivity index (χ3v) is 4.91. The molecule has 0 aliphatic carbocycles. The molecule has 1 aromatic rings. The second kappa shape index (κ2) is 13.8. The van der Waals surface area contributed by atoms with E-state index in [0.717, 1.165) is 0 Å². The molecule has 0 aromatic heterocycles. The first kappa shape index (κ1) is 29.2. The molecule has 1 rings (SSSR count). The van der Waals surface area contributed by atoms with Crippen LogP contribution in [-0.4, -0.2) is 86.0 Å². The van der Waals surface area contributed by atoms with Crippen LogP contribution in [0, 0.1) is 0 Å². The molecule has 0 aliphatic rings. The number of amides is 3. The minimum atomic E-state index is -1.78. The topological polar surface area (TPSA) is 245 Å². The summed E-state index contributed by atoms with van der Waals surface area (Å²) in [6.07, 6.45) is -1.81. The monoisotopic (exact) mass is 514 g/mol. The Morgan fingerprint density at radius 1 is 0.771 bits per heavy atom. The van der Waals surface area contributed by atoms with Crippen LogP contribution in [0.2, 0.25) is 0 Å². The minimum Gasteiger partial charge on any atom is -0.508 e. The molecule has 35 heavy (non-hydrogen) atoms. The molecular formula is C20H26N4O10S. The van der Waals surface area contributed by atoms with Gasteiger partial charge in [0.15, 0.2) is 0 Å². The van der Waals surface area contributed by atoms with Gasteiger partial charge in [-0.2, -0.15) is 12.6 Å². The van der Waals surface area contributed by atoms with Crippen molar-refractivity contribution in [2.75, 3.05) is 5.75 Å². The molecule has 14 nitrogen and oxygen atoms in total. The molecule has 0 aliphatic heterocycles. The number of benzene rings is 1. The maximum atomic E-state index is 12.8. The van der Waals surface area contributed by atoms with Gasteiger partial charge in [-0.3, -0.25) is 24.0 Å². The summed E-state index contributed by atoms with van der Waals surface area (Å²) in [6.45, 7) is 0. The molecule has 0 radical (unpaired) electrons. The van der Waals surface area contributed by atoms with Crippen LogP contribution in [0.25, 0.3) is 0 Å². The zero-order chi connectivity index (χ0) is 26.7. The molecule has 15 heteroatoms. The minimum absolute atomic E-state index is 0.0678. The Labute approximate surface area is 204 Å². The highest BCUT2D eigenvalue weighted by molar-refractivity contribution is 7.80. The highest BCUT2D eigenvalue weighted by atomic mass is 32.1. The van der Waals surface area contributed by atoms with Crippen molar-refractivity contribution < 1.29 is 49.2 Å². The average molecular weight is 515 g/mol. The molecule has 0 saturated carbocycles. The first-order valence-corrected chi connectivity index (χ1v) is 10.7. The number of hydrogen-bond donors (Lipinski definition) is 9. The molecule has 0 heterocycles. The van der Waals surface area contributed by atoms with E-state index in [-0.39, 0.29) is 17.9 Å². The first-order valence-electron chi connectivity index (χ1n) is 10.1. The lowest BCUT2D eigenvalue weighted by Gasteiger charge is -2.24. The lowest BCUT2D eigenvalue weighted by atomic mass is 10.0. The third kappa shape index (κ3) is 10.3. The van der Waals surface area contributed by atoms with Gasteiger partial charge in [0.2, 0.25) is 17.7 Å². The van der Waals surface area contributed by atoms with Crippen LogP contribution in [0.1, 0.15) is 18.4 Å². The first-order chi connectivity index (χ1) is 16.3. The normalized spacial score (nSPS) is 14.0. The summed E-state index contributed by atoms with van der Waals surface area (Å²) in [5.74, 6) is -7.64. The number of nitrogens with one attached hydrogen (secondary N) is 3. The number of nitrogens with two attached hydrogens (primary N) is 1. The summed E-state index contributed by atoms with van der Waals surface area (Å²) in [5, 5.41) is 42.8. The summed E-state index contributed by atoms with van der Waals surface area (Å²) in [4.78, 5) is 70.6. The molecule has 1 aromatic carbocycles. The molecule has 192 valence electrons. The van der Waals surface area contributed by atoms with E-state index in [2.05, 4.69) is 23.3 Å². The number of aromatic hydroxyl groups is 1. The molecule has 0 fully saturated rings. The Morgan fingerprint density at radius 2 is 1.26 bits per heavy atom. The standard InChI is InChI=1S/C20H26N4O10S/c21-11(6-15(26)27)17(30)24-14(8-35)19(32)22-12(5-9-1-3-10(25)4-2-9)18(31)23-13(20(33)34)7-16(28)29/h1-4,11-14,25,35H,5-8,21H2,(H,22,32)(H,23,31)(H,24,30)(H,26,27)(H,28,29)(H,33,34). The predicted octanol–water partition coefficient (Wildman–Crippen LogP) is -2.32. The highest BCUT2D eigenvalue weighted by Crippen LogP contribution is 2.12. The average Bonchev–Trinajstić information content (AvgIpc) is 2.76. The Balaban J connectivity index is 3.06. The Morgan fingerprint density at radius 3 is 1.74 bits per heavy atom. The van der Waals surface area contributed by atoms with E-state index >= 15 is 0 Å². The van der Waals surface area contributed by atoms with E-state index in [1.165, 1.54) is 24.3 Å². The summed E-state index contributed by atoms with van der Waals surface area (Å²) < 4.78 is 0. The van der Waals surface area contributed by atoms with Crippen molar-refractivity contribution in [1.29, 1.82) is 0 Å². The lowest BCUT2D eigenvalue weighted by molar-refractivity contribution is -0.147. The third-order valence-electron chi connectivity index (χ3n) is 4.55. The van der Waals surface area contributed by atoms with Crippen molar-refractivity contribution in [1.82, 2.24) is 16.0 Å². The fourth-order valence-corrected chi connectivity index (χ4v) is 3.01. The zero-order valence-electron chi connectivity index (χ0n) is 18.2. The number of phenolic OH excluding ortho intramolecular Hbond substituents is 1. The maximum Gasteiger partial charge on any atom is 0.326 e. The summed E-state index contributed by atoms with van der Waals surface area (Å²) in [7, 11) is 0. The predicted molar refractivity (Wildman–Crippen MR) is 122 cm³/mol. The van der Waals surface area contributed by atoms with Gasteiger partial charge < -0.3 is 42.1 Å². The summed E-state index contributed by atoms with van der Waals surface area (Å²) >= 11 is 3.97. The van der Waals surface area contributed by atoms with E-state index in [0.29, 0.717) is 5.56 Å². The maximum absolute atomic E-state index is 12.8. The number of hydrogen-bond acceptors (Lipinski definition) is 9. The van der Waals surface area contributed by atoms with Crippen molar-refractivity contribution in [2.45, 2.75) is 43.4 Å². The van der Waals surface area contributed by atoms with Crippen LogP contribution in [-0.2, 0) is 35.2 Å². The van der Waals surface area contributed by atoms with Crippen LogP contribution in [0.4, 0.5) is 0 Å². The fourth-order valence-electron chi connectivity index (χ4n) is 2.75. The summed E-state index contributed by atoms with van der Waals surface area (Å²) in [6, 6.07) is -0.481. The SMILES string of the molecule is NC(CC(=O)O)C(=O)NC(CS)C(=O)NC(Cc1ccc(O)cc1)C(=O)NC(CC(=O)O)C(=O)O. The molecule has 3 amide bonds. The van der Waals surface area contributed by atoms with Crippen LogP contribution >= 0.6 is 12.6 Å². The van der Waals surface area contributed by atoms with Crippen molar-refractivity contribution in [3.05, 3.63) is 29.8 Å². The van der Waals surface area contributed by atoms with E-state index in [1.807, 2.05) is 5.32 Å². The molecule has 0 spiro atoms. The van der Waals surface area contributed by atoms with Gasteiger partial charge in [-0.25, -0.2) is 4.79 Å². The van der Waals surface area contributed by atoms with E-state index in [4.69, 9.17) is 15.9 Å². The Kier molecular flexibility index (Phi) is 11.5. The number of carboxylic acids is 3. The smallest absolute Gasteiger partial charge is 0.326 e. The number of carbonyl (C=O) groups is 6. The molecule has 4 atom stereocenters. The second-order valence-electron chi connectivity index (χ2n) is 7.38. The molecule has 0 saturated heterocycles. The van der Waals surface area contributed by atoms with Crippen molar-refractivity contribution in [3.8, 4) is 5.75 Å². The number of aliphatic carboxylic acids is 3. The Bertz CT molecular complexity index is 956. The number of rotatable bonds is 14. The number of phenols is 1. The number of carbonyl (C=O) groups excluding carboxylic acids is 3. The highest BCUT2D eigenvalue weighted by Gasteiger charge is 2.31. The quantitative estimate of drug-likeness (QED) is 0.119. The Hall–Kier alpha value is -3.85. The number of thiol groups is 1. The van der Waals surface area contributed by atoms with Gasteiger partial charge in [0, 0.05) is 12.2 Å². The van der Waals surface area contributed by atoms with E-state index < -0.39 is 72.6 Å². The van der Waals surface area contributed by atoms with Crippen LogP contribution in [0.3, 0.4) is 0 Å². The van der Waals surface area contributed by atoms with Gasteiger partial charge >= 0.3 is 17.9 Å². The van der Waals surface area contributed by atoms with Crippen LogP contribution in [0.15, 0.2) is 24.3 Å². The van der Waals surface area contributed by atoms with Gasteiger partial charge in [0.1, 0.15) is 23.9 Å². The second-order valence-corrected chi connectivity index (χ2v) is 7.74. The van der Waals surface area contributed by atoms with Gasteiger partial charge in [-0.15, -0.1) is 0 Å². The van der Waals surface area contributed by atoms with Gasteiger partial charge in [-0.05, 0) is 17.7 Å². The van der Waals surface area contributed by atoms with Gasteiger partial charge in [0.05, 0.1) is 18.9 Å². The van der Waals surface area contributed by atoms with Gasteiger partial charge in [-0.1, -0.05) is 12.1 Å². The largest absolute Gasteiger partial charge is 0.508 e. The number of carboxylic acid groups (broad SMARTS) is 3. The van der Waals surface area contributed by atoms with E-state index in [1.54, 1.807) is 0 Å². The zero-order valence-corrected chi connectivity index (χ0v) is 19.1. The van der Waals surface area contributed by atoms with Crippen molar-refractivity contribution in [3.63, 3.8) is 0 Å². The van der Waals surface area contributed by atoms with Crippen LogP contribution in [0.5, 0.6) is 5.75 Å². The van der Waals surface area contributed by atoms with Crippen LogP contribution < -0.4 is 21.7 Å². The molecule has 0 bridgehead atoms.